The maximum Gasteiger partial charge on any atom is 0.163 e. The molecule has 1 fully saturated rings. The molecule has 2 nitrogen and oxygen atoms in total. The summed E-state index contributed by atoms with van der Waals surface area (Å²) in [5.74, 6) is 2.17. The van der Waals surface area contributed by atoms with Crippen LogP contribution in [-0.2, 0) is 9.47 Å². The van der Waals surface area contributed by atoms with Crippen LogP contribution in [0.15, 0.2) is 11.6 Å². The average molecular weight is 238 g/mol. The molecular formula is C15H26O2. The SMILES string of the molecule is CC(C)CC1CC=C(C(C)C2OCCO2)CC1. The zero-order chi connectivity index (χ0) is 12.3. The molecule has 2 heteroatoms. The first-order valence-electron chi connectivity index (χ1n) is 7.09. The van der Waals surface area contributed by atoms with Crippen LogP contribution in [0.3, 0.4) is 0 Å². The minimum atomic E-state index is 0.0166. The van der Waals surface area contributed by atoms with E-state index in [0.29, 0.717) is 5.92 Å². The third-order valence-corrected chi connectivity index (χ3v) is 4.00. The predicted molar refractivity (Wildman–Crippen MR) is 69.7 cm³/mol. The maximum atomic E-state index is 5.60. The number of rotatable bonds is 4. The van der Waals surface area contributed by atoms with Crippen molar-refractivity contribution < 1.29 is 9.47 Å². The average Bonchev–Trinajstić information content (AvgIpc) is 2.82. The monoisotopic (exact) mass is 238 g/mol. The highest BCUT2D eigenvalue weighted by atomic mass is 16.7. The van der Waals surface area contributed by atoms with Crippen molar-refractivity contribution in [2.24, 2.45) is 17.8 Å². The lowest BCUT2D eigenvalue weighted by atomic mass is 9.81. The molecule has 0 spiro atoms. The van der Waals surface area contributed by atoms with Crippen molar-refractivity contribution in [3.8, 4) is 0 Å². The summed E-state index contributed by atoms with van der Waals surface area (Å²) in [6.45, 7) is 8.41. The van der Waals surface area contributed by atoms with Gasteiger partial charge >= 0.3 is 0 Å². The minimum absolute atomic E-state index is 0.0166. The molecule has 0 bridgehead atoms. The van der Waals surface area contributed by atoms with Gasteiger partial charge in [0.1, 0.15) is 0 Å². The molecule has 1 aliphatic carbocycles. The zero-order valence-electron chi connectivity index (χ0n) is 11.4. The van der Waals surface area contributed by atoms with Gasteiger partial charge in [0, 0.05) is 5.92 Å². The van der Waals surface area contributed by atoms with Gasteiger partial charge in [-0.05, 0) is 37.5 Å². The van der Waals surface area contributed by atoms with Crippen LogP contribution in [0.25, 0.3) is 0 Å². The maximum absolute atomic E-state index is 5.60. The number of allylic oxidation sites excluding steroid dienone is 1. The van der Waals surface area contributed by atoms with Crippen molar-refractivity contribution in [3.63, 3.8) is 0 Å². The minimum Gasteiger partial charge on any atom is -0.350 e. The summed E-state index contributed by atoms with van der Waals surface area (Å²) < 4.78 is 11.2. The molecule has 0 aromatic carbocycles. The molecule has 0 aromatic heterocycles. The highest BCUT2D eigenvalue weighted by Gasteiger charge is 2.27. The van der Waals surface area contributed by atoms with Gasteiger partial charge in [0.15, 0.2) is 6.29 Å². The normalized spacial score (nSPS) is 28.5. The quantitative estimate of drug-likeness (QED) is 0.694. The third kappa shape index (κ3) is 3.56. The summed E-state index contributed by atoms with van der Waals surface area (Å²) in [6, 6.07) is 0. The van der Waals surface area contributed by atoms with Gasteiger partial charge in [0.25, 0.3) is 0 Å². The van der Waals surface area contributed by atoms with E-state index in [9.17, 15) is 0 Å². The summed E-state index contributed by atoms with van der Waals surface area (Å²) in [6.07, 6.45) is 7.68. The van der Waals surface area contributed by atoms with Crippen molar-refractivity contribution in [2.75, 3.05) is 13.2 Å². The Morgan fingerprint density at radius 3 is 2.47 bits per heavy atom. The second-order valence-electron chi connectivity index (χ2n) is 5.95. The Morgan fingerprint density at radius 1 is 1.24 bits per heavy atom. The van der Waals surface area contributed by atoms with E-state index < -0.39 is 0 Å². The second-order valence-corrected chi connectivity index (χ2v) is 5.95. The molecule has 0 N–H and O–H groups in total. The molecule has 1 saturated heterocycles. The fourth-order valence-corrected chi connectivity index (χ4v) is 3.04. The number of hydrogen-bond donors (Lipinski definition) is 0. The topological polar surface area (TPSA) is 18.5 Å². The number of hydrogen-bond acceptors (Lipinski definition) is 2. The summed E-state index contributed by atoms with van der Waals surface area (Å²) in [7, 11) is 0. The highest BCUT2D eigenvalue weighted by Crippen LogP contribution is 2.34. The van der Waals surface area contributed by atoms with E-state index in [1.807, 2.05) is 0 Å². The molecule has 2 atom stereocenters. The molecule has 2 unspecified atom stereocenters. The second kappa shape index (κ2) is 6.01. The first kappa shape index (κ1) is 13.1. The van der Waals surface area contributed by atoms with Crippen LogP contribution in [-0.4, -0.2) is 19.5 Å². The third-order valence-electron chi connectivity index (χ3n) is 4.00. The van der Waals surface area contributed by atoms with Gasteiger partial charge in [-0.25, -0.2) is 0 Å². The Kier molecular flexibility index (Phi) is 4.63. The summed E-state index contributed by atoms with van der Waals surface area (Å²) in [5, 5.41) is 0. The lowest BCUT2D eigenvalue weighted by Crippen LogP contribution is -2.22. The van der Waals surface area contributed by atoms with Crippen molar-refractivity contribution in [1.82, 2.24) is 0 Å². The van der Waals surface area contributed by atoms with Gasteiger partial charge in [-0.15, -0.1) is 0 Å². The zero-order valence-corrected chi connectivity index (χ0v) is 11.4. The Labute approximate surface area is 105 Å². The fourth-order valence-electron chi connectivity index (χ4n) is 3.04. The molecule has 0 saturated carbocycles. The van der Waals surface area contributed by atoms with Crippen molar-refractivity contribution in [1.29, 1.82) is 0 Å². The largest absolute Gasteiger partial charge is 0.350 e. The molecule has 1 aliphatic heterocycles. The van der Waals surface area contributed by atoms with Crippen LogP contribution < -0.4 is 0 Å². The standard InChI is InChI=1S/C15H26O2/c1-11(2)10-13-4-6-14(7-5-13)12(3)15-16-8-9-17-15/h6,11-13,15H,4-5,7-10H2,1-3H3. The molecule has 2 rings (SSSR count). The predicted octanol–water partition coefficient (Wildman–Crippen LogP) is 3.77. The molecule has 98 valence electrons. The van der Waals surface area contributed by atoms with E-state index in [0.717, 1.165) is 25.0 Å². The fraction of sp³-hybridized carbons (Fsp3) is 0.867. The van der Waals surface area contributed by atoms with Gasteiger partial charge in [0.05, 0.1) is 13.2 Å². The smallest absolute Gasteiger partial charge is 0.163 e. The van der Waals surface area contributed by atoms with Crippen LogP contribution in [0.4, 0.5) is 0 Å². The van der Waals surface area contributed by atoms with Gasteiger partial charge in [0.2, 0.25) is 0 Å². The molecule has 0 amide bonds. The Bertz CT molecular complexity index is 264. The van der Waals surface area contributed by atoms with Crippen molar-refractivity contribution in [2.45, 2.75) is 52.7 Å². The molecular weight excluding hydrogens is 212 g/mol. The van der Waals surface area contributed by atoms with E-state index in [4.69, 9.17) is 9.47 Å². The van der Waals surface area contributed by atoms with Crippen LogP contribution in [0.2, 0.25) is 0 Å². The molecule has 17 heavy (non-hydrogen) atoms. The van der Waals surface area contributed by atoms with Crippen LogP contribution >= 0.6 is 0 Å². The highest BCUT2D eigenvalue weighted by molar-refractivity contribution is 5.10. The van der Waals surface area contributed by atoms with Crippen LogP contribution in [0.5, 0.6) is 0 Å². The Balaban J connectivity index is 1.84. The first-order valence-corrected chi connectivity index (χ1v) is 7.09. The summed E-state index contributed by atoms with van der Waals surface area (Å²) in [4.78, 5) is 0. The summed E-state index contributed by atoms with van der Waals surface area (Å²) >= 11 is 0. The molecule has 2 aliphatic rings. The van der Waals surface area contributed by atoms with Gasteiger partial charge in [-0.1, -0.05) is 32.4 Å². The van der Waals surface area contributed by atoms with Gasteiger partial charge in [-0.2, -0.15) is 0 Å². The van der Waals surface area contributed by atoms with Crippen molar-refractivity contribution >= 4 is 0 Å². The molecule has 1 heterocycles. The van der Waals surface area contributed by atoms with E-state index >= 15 is 0 Å². The van der Waals surface area contributed by atoms with E-state index in [2.05, 4.69) is 26.8 Å². The van der Waals surface area contributed by atoms with E-state index in [1.165, 1.54) is 25.7 Å². The van der Waals surface area contributed by atoms with Crippen LogP contribution in [0, 0.1) is 17.8 Å². The molecule has 0 aromatic rings. The van der Waals surface area contributed by atoms with Crippen LogP contribution in [0.1, 0.15) is 46.5 Å². The summed E-state index contributed by atoms with van der Waals surface area (Å²) in [5.41, 5.74) is 1.55. The Morgan fingerprint density at radius 2 is 1.94 bits per heavy atom. The lowest BCUT2D eigenvalue weighted by Gasteiger charge is -2.28. The van der Waals surface area contributed by atoms with Crippen molar-refractivity contribution in [3.05, 3.63) is 11.6 Å². The van der Waals surface area contributed by atoms with E-state index in [1.54, 1.807) is 5.57 Å². The molecule has 0 radical (unpaired) electrons. The Hall–Kier alpha value is -0.340. The first-order chi connectivity index (χ1) is 8.16. The lowest BCUT2D eigenvalue weighted by molar-refractivity contribution is -0.0696. The van der Waals surface area contributed by atoms with Gasteiger partial charge in [-0.3, -0.25) is 0 Å². The number of ether oxygens (including phenoxy) is 2. The van der Waals surface area contributed by atoms with Gasteiger partial charge < -0.3 is 9.47 Å². The van der Waals surface area contributed by atoms with E-state index in [-0.39, 0.29) is 6.29 Å².